The Bertz CT molecular complexity index is 369. The summed E-state index contributed by atoms with van der Waals surface area (Å²) in [5, 5.41) is 9.32. The van der Waals surface area contributed by atoms with Gasteiger partial charge in [-0.1, -0.05) is 13.0 Å². The first kappa shape index (κ1) is 14.9. The van der Waals surface area contributed by atoms with Gasteiger partial charge >= 0.3 is 0 Å². The molecule has 0 fully saturated rings. The van der Waals surface area contributed by atoms with Crippen molar-refractivity contribution in [2.75, 3.05) is 38.6 Å². The van der Waals surface area contributed by atoms with Crippen LogP contribution in [0.25, 0.3) is 0 Å². The van der Waals surface area contributed by atoms with Crippen LogP contribution in [-0.4, -0.2) is 43.7 Å². The number of aliphatic hydroxyl groups excluding tert-OH is 1. The smallest absolute Gasteiger partial charge is 0.130 e. The number of aliphatic hydroxyl groups is 1. The molecule has 0 spiro atoms. The summed E-state index contributed by atoms with van der Waals surface area (Å²) in [7, 11) is 4.03. The van der Waals surface area contributed by atoms with E-state index in [1.807, 2.05) is 20.2 Å². The van der Waals surface area contributed by atoms with E-state index >= 15 is 0 Å². The molecule has 0 aliphatic rings. The molecule has 1 N–H and O–H groups in total. The quantitative estimate of drug-likeness (QED) is 0.807. The summed E-state index contributed by atoms with van der Waals surface area (Å²) in [5.41, 5.74) is 1.20. The van der Waals surface area contributed by atoms with Gasteiger partial charge in [-0.05, 0) is 32.6 Å². The molecule has 0 amide bonds. The maximum atomic E-state index is 13.7. The van der Waals surface area contributed by atoms with Gasteiger partial charge in [0.05, 0.1) is 6.61 Å². The van der Waals surface area contributed by atoms with Crippen molar-refractivity contribution >= 4 is 5.69 Å². The topological polar surface area (TPSA) is 26.7 Å². The van der Waals surface area contributed by atoms with Gasteiger partial charge in [-0.15, -0.1) is 0 Å². The average Bonchev–Trinajstić information content (AvgIpc) is 2.34. The standard InChI is InChI=1S/C14H23FN2O/c1-4-8-17(10-9-16(2)3)14-7-5-6-13(15)12(14)11-18/h5-7,18H,4,8-11H2,1-3H3. The van der Waals surface area contributed by atoms with Crippen LogP contribution in [0.4, 0.5) is 10.1 Å². The number of rotatable bonds is 7. The zero-order chi connectivity index (χ0) is 13.5. The number of hydrogen-bond donors (Lipinski definition) is 1. The van der Waals surface area contributed by atoms with E-state index in [2.05, 4.69) is 16.7 Å². The molecule has 0 radical (unpaired) electrons. The number of benzene rings is 1. The lowest BCUT2D eigenvalue weighted by molar-refractivity contribution is 0.276. The van der Waals surface area contributed by atoms with Crippen molar-refractivity contribution in [3.8, 4) is 0 Å². The van der Waals surface area contributed by atoms with E-state index in [4.69, 9.17) is 0 Å². The fourth-order valence-corrected chi connectivity index (χ4v) is 1.94. The number of halogens is 1. The first-order chi connectivity index (χ1) is 8.60. The molecular formula is C14H23FN2O. The molecule has 0 aromatic heterocycles. The van der Waals surface area contributed by atoms with Crippen LogP contribution in [0.15, 0.2) is 18.2 Å². The molecule has 1 aromatic carbocycles. The third kappa shape index (κ3) is 3.96. The first-order valence-corrected chi connectivity index (χ1v) is 6.38. The van der Waals surface area contributed by atoms with Crippen molar-refractivity contribution in [3.63, 3.8) is 0 Å². The van der Waals surface area contributed by atoms with Crippen LogP contribution in [0.5, 0.6) is 0 Å². The summed E-state index contributed by atoms with van der Waals surface area (Å²) < 4.78 is 13.7. The summed E-state index contributed by atoms with van der Waals surface area (Å²) in [6.45, 7) is 4.44. The Morgan fingerprint density at radius 3 is 2.44 bits per heavy atom. The summed E-state index contributed by atoms with van der Waals surface area (Å²) in [6, 6.07) is 4.97. The number of hydrogen-bond acceptors (Lipinski definition) is 3. The molecular weight excluding hydrogens is 231 g/mol. The molecule has 0 unspecified atom stereocenters. The van der Waals surface area contributed by atoms with E-state index < -0.39 is 0 Å². The summed E-state index contributed by atoms with van der Waals surface area (Å²) in [4.78, 5) is 4.23. The average molecular weight is 254 g/mol. The maximum Gasteiger partial charge on any atom is 0.130 e. The highest BCUT2D eigenvalue weighted by atomic mass is 19.1. The number of anilines is 1. The van der Waals surface area contributed by atoms with Crippen LogP contribution < -0.4 is 4.90 Å². The lowest BCUT2D eigenvalue weighted by atomic mass is 10.1. The Balaban J connectivity index is 2.93. The van der Waals surface area contributed by atoms with Crippen molar-refractivity contribution in [2.45, 2.75) is 20.0 Å². The molecule has 102 valence electrons. The fraction of sp³-hybridized carbons (Fsp3) is 0.571. The minimum Gasteiger partial charge on any atom is -0.391 e. The molecule has 0 saturated carbocycles. The second-order valence-corrected chi connectivity index (χ2v) is 4.69. The molecule has 0 aliphatic carbocycles. The number of nitrogens with zero attached hydrogens (tertiary/aromatic N) is 2. The van der Waals surface area contributed by atoms with Gasteiger partial charge < -0.3 is 14.9 Å². The minimum atomic E-state index is -0.332. The second kappa shape index (κ2) is 7.34. The van der Waals surface area contributed by atoms with Crippen LogP contribution in [0.3, 0.4) is 0 Å². The first-order valence-electron chi connectivity index (χ1n) is 6.38. The van der Waals surface area contributed by atoms with Gasteiger partial charge in [-0.3, -0.25) is 0 Å². The zero-order valence-corrected chi connectivity index (χ0v) is 11.5. The van der Waals surface area contributed by atoms with Crippen LogP contribution in [0, 0.1) is 5.82 Å². The molecule has 0 saturated heterocycles. The van der Waals surface area contributed by atoms with Crippen molar-refractivity contribution in [1.29, 1.82) is 0 Å². The highest BCUT2D eigenvalue weighted by Gasteiger charge is 2.13. The van der Waals surface area contributed by atoms with Crippen molar-refractivity contribution in [3.05, 3.63) is 29.6 Å². The molecule has 3 nitrogen and oxygen atoms in total. The van der Waals surface area contributed by atoms with Crippen LogP contribution >= 0.6 is 0 Å². The van der Waals surface area contributed by atoms with E-state index in [0.717, 1.165) is 31.7 Å². The van der Waals surface area contributed by atoms with E-state index in [1.165, 1.54) is 6.07 Å². The molecule has 0 aliphatic heterocycles. The van der Waals surface area contributed by atoms with Crippen molar-refractivity contribution < 1.29 is 9.50 Å². The van der Waals surface area contributed by atoms with Gasteiger partial charge in [0.2, 0.25) is 0 Å². The maximum absolute atomic E-state index is 13.7. The van der Waals surface area contributed by atoms with E-state index in [0.29, 0.717) is 5.56 Å². The summed E-state index contributed by atoms with van der Waals surface area (Å²) in [5.74, 6) is -0.332. The zero-order valence-electron chi connectivity index (χ0n) is 11.5. The SMILES string of the molecule is CCCN(CCN(C)C)c1cccc(F)c1CO. The van der Waals surface area contributed by atoms with Gasteiger partial charge in [-0.2, -0.15) is 0 Å². The van der Waals surface area contributed by atoms with Gasteiger partial charge in [-0.25, -0.2) is 4.39 Å². The third-order valence-corrected chi connectivity index (χ3v) is 2.90. The fourth-order valence-electron chi connectivity index (χ4n) is 1.94. The Morgan fingerprint density at radius 2 is 1.89 bits per heavy atom. The van der Waals surface area contributed by atoms with E-state index in [-0.39, 0.29) is 12.4 Å². The van der Waals surface area contributed by atoms with Gasteiger partial charge in [0.1, 0.15) is 5.82 Å². The van der Waals surface area contributed by atoms with Crippen LogP contribution in [0.2, 0.25) is 0 Å². The Kier molecular flexibility index (Phi) is 6.09. The molecule has 1 rings (SSSR count). The van der Waals surface area contributed by atoms with Crippen LogP contribution in [0.1, 0.15) is 18.9 Å². The van der Waals surface area contributed by atoms with Gasteiger partial charge in [0, 0.05) is 30.9 Å². The molecule has 0 bridgehead atoms. The van der Waals surface area contributed by atoms with Crippen LogP contribution in [-0.2, 0) is 6.61 Å². The van der Waals surface area contributed by atoms with E-state index in [9.17, 15) is 9.50 Å². The third-order valence-electron chi connectivity index (χ3n) is 2.90. The van der Waals surface area contributed by atoms with Gasteiger partial charge in [0.25, 0.3) is 0 Å². The second-order valence-electron chi connectivity index (χ2n) is 4.69. The summed E-state index contributed by atoms with van der Waals surface area (Å²) >= 11 is 0. The van der Waals surface area contributed by atoms with Gasteiger partial charge in [0.15, 0.2) is 0 Å². The molecule has 0 heterocycles. The normalized spacial score (nSPS) is 11.0. The lowest BCUT2D eigenvalue weighted by Gasteiger charge is -2.28. The Morgan fingerprint density at radius 1 is 1.17 bits per heavy atom. The minimum absolute atomic E-state index is 0.260. The van der Waals surface area contributed by atoms with E-state index in [1.54, 1.807) is 6.07 Å². The van der Waals surface area contributed by atoms with Crippen molar-refractivity contribution in [2.24, 2.45) is 0 Å². The molecule has 4 heteroatoms. The highest BCUT2D eigenvalue weighted by molar-refractivity contribution is 5.54. The monoisotopic (exact) mass is 254 g/mol. The Hall–Kier alpha value is -1.13. The molecule has 0 atom stereocenters. The Labute approximate surface area is 109 Å². The van der Waals surface area contributed by atoms with Crippen molar-refractivity contribution in [1.82, 2.24) is 4.90 Å². The molecule has 1 aromatic rings. The number of likely N-dealkylation sites (N-methyl/N-ethyl adjacent to an activating group) is 1. The highest BCUT2D eigenvalue weighted by Crippen LogP contribution is 2.23. The largest absolute Gasteiger partial charge is 0.391 e. The lowest BCUT2D eigenvalue weighted by Crippen LogP contribution is -2.33. The predicted molar refractivity (Wildman–Crippen MR) is 73.4 cm³/mol. The summed E-state index contributed by atoms with van der Waals surface area (Å²) in [6.07, 6.45) is 0.995. The predicted octanol–water partition coefficient (Wildman–Crippen LogP) is 2.10. The molecule has 18 heavy (non-hydrogen) atoms.